The number of fused-ring (bicyclic) bond motifs is 2. The average Bonchev–Trinajstić information content (AvgIpc) is 2.41. The van der Waals surface area contributed by atoms with Crippen LogP contribution >= 0.6 is 0 Å². The third-order valence-electron chi connectivity index (χ3n) is 4.39. The number of benzene rings is 1. The van der Waals surface area contributed by atoms with E-state index in [4.69, 9.17) is 9.84 Å². The smallest absolute Gasteiger partial charge is 0.305 e. The second-order valence-corrected chi connectivity index (χ2v) is 5.94. The average molecular weight is 306 g/mol. The lowest BCUT2D eigenvalue weighted by atomic mass is 9.81. The first-order valence-corrected chi connectivity index (χ1v) is 7.35. The molecule has 0 aromatic heterocycles. The summed E-state index contributed by atoms with van der Waals surface area (Å²) in [5, 5.41) is 29.5. The first-order valence-electron chi connectivity index (χ1n) is 7.35. The fraction of sp³-hybridized carbons (Fsp3) is 0.500. The number of carboxylic acid groups (broad SMARTS) is 1. The van der Waals surface area contributed by atoms with Gasteiger partial charge in [0.15, 0.2) is 5.78 Å². The Labute approximate surface area is 127 Å². The highest BCUT2D eigenvalue weighted by molar-refractivity contribution is 6.01. The van der Waals surface area contributed by atoms with Crippen molar-refractivity contribution in [1.82, 2.24) is 0 Å². The number of aliphatic carboxylic acids is 1. The van der Waals surface area contributed by atoms with Gasteiger partial charge in [-0.2, -0.15) is 0 Å². The number of aliphatic hydroxyl groups excluding tert-OH is 1. The van der Waals surface area contributed by atoms with Crippen LogP contribution in [0.1, 0.15) is 65.4 Å². The number of hydrogen-bond donors (Lipinski definition) is 3. The lowest BCUT2D eigenvalue weighted by molar-refractivity contribution is -0.141. The zero-order valence-corrected chi connectivity index (χ0v) is 12.2. The Morgan fingerprint density at radius 2 is 2.18 bits per heavy atom. The highest BCUT2D eigenvalue weighted by atomic mass is 16.5. The van der Waals surface area contributed by atoms with Gasteiger partial charge in [-0.25, -0.2) is 0 Å². The van der Waals surface area contributed by atoms with E-state index in [1.807, 2.05) is 0 Å². The number of hydrogen-bond acceptors (Lipinski definition) is 5. The fourth-order valence-electron chi connectivity index (χ4n) is 3.45. The molecule has 1 aromatic carbocycles. The van der Waals surface area contributed by atoms with Crippen LogP contribution in [0.2, 0.25) is 0 Å². The lowest BCUT2D eigenvalue weighted by Gasteiger charge is -2.33. The van der Waals surface area contributed by atoms with Crippen molar-refractivity contribution in [2.45, 2.75) is 50.9 Å². The van der Waals surface area contributed by atoms with Gasteiger partial charge in [0.1, 0.15) is 5.75 Å². The number of carboxylic acids is 1. The molecule has 1 heterocycles. The summed E-state index contributed by atoms with van der Waals surface area (Å²) in [5.74, 6) is -1.25. The molecule has 22 heavy (non-hydrogen) atoms. The first-order chi connectivity index (χ1) is 10.4. The molecule has 0 saturated carbocycles. The third-order valence-corrected chi connectivity index (χ3v) is 4.39. The molecule has 3 rings (SSSR count). The van der Waals surface area contributed by atoms with Crippen LogP contribution in [0.4, 0.5) is 0 Å². The summed E-state index contributed by atoms with van der Waals surface area (Å²) >= 11 is 0. The van der Waals surface area contributed by atoms with Crippen LogP contribution in [-0.4, -0.2) is 33.2 Å². The van der Waals surface area contributed by atoms with Crippen LogP contribution in [0.15, 0.2) is 6.07 Å². The maximum atomic E-state index is 12.1. The van der Waals surface area contributed by atoms with Crippen molar-refractivity contribution >= 4 is 11.8 Å². The topological polar surface area (TPSA) is 104 Å². The number of phenolic OH excluding ortho intramolecular Hbond substituents is 1. The van der Waals surface area contributed by atoms with Gasteiger partial charge in [0.25, 0.3) is 0 Å². The molecule has 3 N–H and O–H groups in total. The molecule has 1 aliphatic heterocycles. The standard InChI is InChI=1S/C16H18O6/c1-7-14-8(4-9(22-7)6-13(19)20)5-10-11(17)2-3-12(18)15(10)16(14)21/h5,7,9,11,17,21H,2-4,6H2,1H3,(H,19,20)/t7-,9+,11?/m0/s1. The van der Waals surface area contributed by atoms with Gasteiger partial charge in [0.05, 0.1) is 30.3 Å². The normalized spacial score (nSPS) is 27.2. The largest absolute Gasteiger partial charge is 0.507 e. The molecule has 3 atom stereocenters. The Morgan fingerprint density at radius 1 is 1.45 bits per heavy atom. The molecule has 118 valence electrons. The Balaban J connectivity index is 2.08. The van der Waals surface area contributed by atoms with Crippen LogP contribution in [0.25, 0.3) is 0 Å². The Bertz CT molecular complexity index is 651. The molecular weight excluding hydrogens is 288 g/mol. The van der Waals surface area contributed by atoms with Gasteiger partial charge < -0.3 is 20.1 Å². The number of aliphatic hydroxyl groups is 1. The van der Waals surface area contributed by atoms with E-state index in [1.165, 1.54) is 0 Å². The van der Waals surface area contributed by atoms with Crippen LogP contribution in [-0.2, 0) is 16.0 Å². The molecule has 6 heteroatoms. The van der Waals surface area contributed by atoms with Gasteiger partial charge in [0, 0.05) is 12.0 Å². The SMILES string of the molecule is C[C@@H]1O[C@@H](CC(=O)O)Cc2cc3c(c(O)c21)C(=O)CCC3O. The van der Waals surface area contributed by atoms with Gasteiger partial charge >= 0.3 is 5.97 Å². The van der Waals surface area contributed by atoms with Crippen molar-refractivity contribution in [2.24, 2.45) is 0 Å². The summed E-state index contributed by atoms with van der Waals surface area (Å²) in [6, 6.07) is 1.72. The quantitative estimate of drug-likeness (QED) is 0.770. The van der Waals surface area contributed by atoms with E-state index in [-0.39, 0.29) is 29.9 Å². The van der Waals surface area contributed by atoms with E-state index < -0.39 is 24.3 Å². The van der Waals surface area contributed by atoms with Crippen molar-refractivity contribution in [3.8, 4) is 5.75 Å². The predicted octanol–water partition coefficient (Wildman–Crippen LogP) is 1.88. The molecule has 1 unspecified atom stereocenters. The maximum Gasteiger partial charge on any atom is 0.305 e. The Kier molecular flexibility index (Phi) is 3.66. The Morgan fingerprint density at radius 3 is 2.86 bits per heavy atom. The molecule has 0 saturated heterocycles. The first kappa shape index (κ1) is 15.0. The molecule has 1 aliphatic carbocycles. The third kappa shape index (κ3) is 2.38. The minimum atomic E-state index is -0.946. The fourth-order valence-corrected chi connectivity index (χ4v) is 3.45. The molecule has 0 bridgehead atoms. The number of rotatable bonds is 2. The molecule has 0 spiro atoms. The van der Waals surface area contributed by atoms with Crippen LogP contribution in [0.5, 0.6) is 5.75 Å². The molecule has 0 radical (unpaired) electrons. The van der Waals surface area contributed by atoms with Crippen molar-refractivity contribution in [1.29, 1.82) is 0 Å². The summed E-state index contributed by atoms with van der Waals surface area (Å²) in [4.78, 5) is 22.9. The molecule has 1 aromatic rings. The van der Waals surface area contributed by atoms with Gasteiger partial charge in [-0.05, 0) is 30.9 Å². The number of phenols is 1. The summed E-state index contributed by atoms with van der Waals surface area (Å²) < 4.78 is 5.64. The van der Waals surface area contributed by atoms with E-state index in [0.29, 0.717) is 24.0 Å². The predicted molar refractivity (Wildman–Crippen MR) is 75.9 cm³/mol. The zero-order chi connectivity index (χ0) is 16.0. The van der Waals surface area contributed by atoms with Crippen LogP contribution < -0.4 is 0 Å². The Hall–Kier alpha value is -1.92. The zero-order valence-electron chi connectivity index (χ0n) is 12.2. The number of ether oxygens (including phenoxy) is 1. The van der Waals surface area contributed by atoms with E-state index in [9.17, 15) is 19.8 Å². The van der Waals surface area contributed by atoms with Crippen molar-refractivity contribution < 1.29 is 29.6 Å². The van der Waals surface area contributed by atoms with Crippen molar-refractivity contribution in [3.05, 3.63) is 28.3 Å². The second-order valence-electron chi connectivity index (χ2n) is 5.94. The van der Waals surface area contributed by atoms with Gasteiger partial charge in [0.2, 0.25) is 0 Å². The van der Waals surface area contributed by atoms with Gasteiger partial charge in [-0.1, -0.05) is 6.07 Å². The van der Waals surface area contributed by atoms with Gasteiger partial charge in [-0.3, -0.25) is 9.59 Å². The van der Waals surface area contributed by atoms with Crippen LogP contribution in [0, 0.1) is 0 Å². The summed E-state index contributed by atoms with van der Waals surface area (Å²) in [6.45, 7) is 1.72. The number of ketones is 1. The summed E-state index contributed by atoms with van der Waals surface area (Å²) in [6.07, 6.45) is -0.984. The highest BCUT2D eigenvalue weighted by Crippen LogP contribution is 2.44. The molecule has 0 fully saturated rings. The molecule has 2 aliphatic rings. The lowest BCUT2D eigenvalue weighted by Crippen LogP contribution is -2.29. The minimum Gasteiger partial charge on any atom is -0.507 e. The molecule has 0 amide bonds. The number of carbonyl (C=O) groups excluding carboxylic acids is 1. The number of Topliss-reactive ketones (excluding diaryl/α,β-unsaturated/α-hetero) is 1. The minimum absolute atomic E-state index is 0.122. The van der Waals surface area contributed by atoms with Crippen LogP contribution in [0.3, 0.4) is 0 Å². The van der Waals surface area contributed by atoms with Crippen molar-refractivity contribution in [2.75, 3.05) is 0 Å². The monoisotopic (exact) mass is 306 g/mol. The second kappa shape index (κ2) is 5.37. The van der Waals surface area contributed by atoms with Crippen molar-refractivity contribution in [3.63, 3.8) is 0 Å². The molecular formula is C16H18O6. The number of aromatic hydroxyl groups is 1. The van der Waals surface area contributed by atoms with E-state index in [2.05, 4.69) is 0 Å². The van der Waals surface area contributed by atoms with E-state index in [0.717, 1.165) is 5.56 Å². The number of carbonyl (C=O) groups is 2. The summed E-state index contributed by atoms with van der Waals surface area (Å²) in [5.41, 5.74) is 1.90. The van der Waals surface area contributed by atoms with E-state index >= 15 is 0 Å². The maximum absolute atomic E-state index is 12.1. The van der Waals surface area contributed by atoms with Gasteiger partial charge in [-0.15, -0.1) is 0 Å². The molecule has 6 nitrogen and oxygen atoms in total. The highest BCUT2D eigenvalue weighted by Gasteiger charge is 2.35. The van der Waals surface area contributed by atoms with E-state index in [1.54, 1.807) is 13.0 Å². The summed E-state index contributed by atoms with van der Waals surface area (Å²) in [7, 11) is 0.